The number of hydrogen-bond acceptors (Lipinski definition) is 2. The minimum Gasteiger partial charge on any atom is -0.337 e. The Kier molecular flexibility index (Phi) is 6.13. The Balaban J connectivity index is 0.00000180. The second kappa shape index (κ2) is 6.94. The van der Waals surface area contributed by atoms with Crippen molar-refractivity contribution in [1.29, 1.82) is 0 Å². The maximum atomic E-state index is 12.7. The van der Waals surface area contributed by atoms with E-state index in [4.69, 9.17) is 5.73 Å². The SMILES string of the molecule is CCC(C)C(C)N(C(=O)C1CCC(N)C1)C1CC1.Cl. The zero-order valence-electron chi connectivity index (χ0n) is 12.5. The topological polar surface area (TPSA) is 46.3 Å². The molecule has 0 saturated heterocycles. The Morgan fingerprint density at radius 3 is 2.32 bits per heavy atom. The lowest BCUT2D eigenvalue weighted by molar-refractivity contribution is -0.139. The second-order valence-electron chi connectivity index (χ2n) is 6.37. The van der Waals surface area contributed by atoms with Gasteiger partial charge in [0.25, 0.3) is 0 Å². The Morgan fingerprint density at radius 1 is 1.26 bits per heavy atom. The van der Waals surface area contributed by atoms with Gasteiger partial charge in [0.2, 0.25) is 5.91 Å². The highest BCUT2D eigenvalue weighted by atomic mass is 35.5. The fourth-order valence-corrected chi connectivity index (χ4v) is 3.13. The van der Waals surface area contributed by atoms with E-state index in [0.29, 0.717) is 23.9 Å². The maximum absolute atomic E-state index is 12.7. The minimum absolute atomic E-state index is 0. The fraction of sp³-hybridized carbons (Fsp3) is 0.933. The standard InChI is InChI=1S/C15H28N2O.ClH/c1-4-10(2)11(3)17(14-7-8-14)15(18)12-5-6-13(16)9-12;/h10-14H,4-9,16H2,1-3H3;1H. The number of rotatable bonds is 5. The smallest absolute Gasteiger partial charge is 0.226 e. The number of nitrogens with two attached hydrogens (primary N) is 1. The van der Waals surface area contributed by atoms with Crippen molar-refractivity contribution in [2.45, 2.75) is 77.4 Å². The van der Waals surface area contributed by atoms with Gasteiger partial charge in [-0.05, 0) is 44.9 Å². The zero-order chi connectivity index (χ0) is 13.3. The molecule has 3 nitrogen and oxygen atoms in total. The van der Waals surface area contributed by atoms with Crippen molar-refractivity contribution in [3.8, 4) is 0 Å². The van der Waals surface area contributed by atoms with Gasteiger partial charge in [0, 0.05) is 24.0 Å². The lowest BCUT2D eigenvalue weighted by atomic mass is 9.96. The van der Waals surface area contributed by atoms with E-state index in [9.17, 15) is 4.79 Å². The van der Waals surface area contributed by atoms with Crippen molar-refractivity contribution < 1.29 is 4.79 Å². The van der Waals surface area contributed by atoms with Crippen LogP contribution >= 0.6 is 12.4 Å². The molecular formula is C15H29ClN2O. The second-order valence-corrected chi connectivity index (χ2v) is 6.37. The van der Waals surface area contributed by atoms with E-state index in [0.717, 1.165) is 25.7 Å². The molecule has 0 aromatic rings. The lowest BCUT2D eigenvalue weighted by Gasteiger charge is -2.35. The van der Waals surface area contributed by atoms with Crippen molar-refractivity contribution in [2.75, 3.05) is 0 Å². The lowest BCUT2D eigenvalue weighted by Crippen LogP contribution is -2.46. The third-order valence-electron chi connectivity index (χ3n) is 4.92. The van der Waals surface area contributed by atoms with Crippen LogP contribution in [0.3, 0.4) is 0 Å². The maximum Gasteiger partial charge on any atom is 0.226 e. The molecular weight excluding hydrogens is 260 g/mol. The van der Waals surface area contributed by atoms with Gasteiger partial charge in [0.1, 0.15) is 0 Å². The number of carbonyl (C=O) groups excluding carboxylic acids is 1. The van der Waals surface area contributed by atoms with Crippen LogP contribution in [0.15, 0.2) is 0 Å². The molecule has 0 bridgehead atoms. The number of nitrogens with zero attached hydrogens (tertiary/aromatic N) is 1. The predicted octanol–water partition coefficient (Wildman–Crippen LogP) is 2.96. The van der Waals surface area contributed by atoms with Crippen LogP contribution in [0.25, 0.3) is 0 Å². The molecule has 0 radical (unpaired) electrons. The summed E-state index contributed by atoms with van der Waals surface area (Å²) in [4.78, 5) is 14.9. The summed E-state index contributed by atoms with van der Waals surface area (Å²) in [6.45, 7) is 6.69. The fourth-order valence-electron chi connectivity index (χ4n) is 3.13. The molecule has 0 aliphatic heterocycles. The first-order valence-electron chi connectivity index (χ1n) is 7.62. The highest BCUT2D eigenvalue weighted by molar-refractivity contribution is 5.85. The molecule has 1 amide bonds. The van der Waals surface area contributed by atoms with Gasteiger partial charge in [-0.25, -0.2) is 0 Å². The summed E-state index contributed by atoms with van der Waals surface area (Å²) in [6, 6.07) is 1.16. The summed E-state index contributed by atoms with van der Waals surface area (Å²) < 4.78 is 0. The highest BCUT2D eigenvalue weighted by Crippen LogP contribution is 2.35. The van der Waals surface area contributed by atoms with Crippen molar-refractivity contribution in [1.82, 2.24) is 4.90 Å². The number of carbonyl (C=O) groups is 1. The van der Waals surface area contributed by atoms with E-state index in [1.165, 1.54) is 12.8 Å². The molecule has 2 fully saturated rings. The molecule has 19 heavy (non-hydrogen) atoms. The molecule has 0 heterocycles. The molecule has 2 rings (SSSR count). The molecule has 2 saturated carbocycles. The molecule has 4 unspecified atom stereocenters. The van der Waals surface area contributed by atoms with E-state index >= 15 is 0 Å². The van der Waals surface area contributed by atoms with Crippen LogP contribution in [-0.4, -0.2) is 28.9 Å². The Labute approximate surface area is 123 Å². The van der Waals surface area contributed by atoms with Crippen LogP contribution in [0.2, 0.25) is 0 Å². The van der Waals surface area contributed by atoms with Gasteiger partial charge in [-0.1, -0.05) is 20.3 Å². The van der Waals surface area contributed by atoms with Gasteiger partial charge in [0.15, 0.2) is 0 Å². The van der Waals surface area contributed by atoms with Crippen molar-refractivity contribution in [3.05, 3.63) is 0 Å². The van der Waals surface area contributed by atoms with Crippen molar-refractivity contribution >= 4 is 18.3 Å². The first-order valence-corrected chi connectivity index (χ1v) is 7.62. The minimum atomic E-state index is 0. The van der Waals surface area contributed by atoms with Crippen LogP contribution in [0.1, 0.15) is 59.3 Å². The molecule has 0 spiro atoms. The van der Waals surface area contributed by atoms with Crippen LogP contribution in [-0.2, 0) is 4.79 Å². The average Bonchev–Trinajstić information content (AvgIpc) is 3.09. The molecule has 2 aliphatic rings. The third kappa shape index (κ3) is 3.85. The van der Waals surface area contributed by atoms with Crippen LogP contribution in [0.4, 0.5) is 0 Å². The molecule has 4 atom stereocenters. The zero-order valence-corrected chi connectivity index (χ0v) is 13.3. The van der Waals surface area contributed by atoms with E-state index in [1.807, 2.05) is 0 Å². The number of hydrogen-bond donors (Lipinski definition) is 1. The summed E-state index contributed by atoms with van der Waals surface area (Å²) in [5.74, 6) is 1.18. The summed E-state index contributed by atoms with van der Waals surface area (Å²) in [7, 11) is 0. The quantitative estimate of drug-likeness (QED) is 0.845. The van der Waals surface area contributed by atoms with E-state index in [2.05, 4.69) is 25.7 Å². The molecule has 112 valence electrons. The molecule has 0 aromatic heterocycles. The molecule has 2 N–H and O–H groups in total. The highest BCUT2D eigenvalue weighted by Gasteiger charge is 2.41. The number of amides is 1. The van der Waals surface area contributed by atoms with Crippen LogP contribution in [0.5, 0.6) is 0 Å². The van der Waals surface area contributed by atoms with Crippen LogP contribution < -0.4 is 5.73 Å². The van der Waals surface area contributed by atoms with Crippen molar-refractivity contribution in [2.24, 2.45) is 17.6 Å². The first-order chi connectivity index (χ1) is 8.54. The van der Waals surface area contributed by atoms with Gasteiger partial charge in [-0.15, -0.1) is 12.4 Å². The van der Waals surface area contributed by atoms with E-state index in [1.54, 1.807) is 0 Å². The number of halogens is 1. The van der Waals surface area contributed by atoms with Gasteiger partial charge in [-0.2, -0.15) is 0 Å². The summed E-state index contributed by atoms with van der Waals surface area (Å²) in [6.07, 6.45) is 6.46. The Morgan fingerprint density at radius 2 is 1.89 bits per heavy atom. The van der Waals surface area contributed by atoms with Gasteiger partial charge in [-0.3, -0.25) is 4.79 Å². The monoisotopic (exact) mass is 288 g/mol. The molecule has 4 heteroatoms. The van der Waals surface area contributed by atoms with Crippen LogP contribution in [0, 0.1) is 11.8 Å². The third-order valence-corrected chi connectivity index (χ3v) is 4.92. The molecule has 0 aromatic carbocycles. The summed E-state index contributed by atoms with van der Waals surface area (Å²) >= 11 is 0. The predicted molar refractivity (Wildman–Crippen MR) is 81.3 cm³/mol. The van der Waals surface area contributed by atoms with E-state index < -0.39 is 0 Å². The van der Waals surface area contributed by atoms with Crippen molar-refractivity contribution in [3.63, 3.8) is 0 Å². The first kappa shape index (κ1) is 16.8. The summed E-state index contributed by atoms with van der Waals surface area (Å²) in [5, 5.41) is 0. The molecule has 2 aliphatic carbocycles. The Bertz CT molecular complexity index is 307. The Hall–Kier alpha value is -0.280. The summed E-state index contributed by atoms with van der Waals surface area (Å²) in [5.41, 5.74) is 5.95. The largest absolute Gasteiger partial charge is 0.337 e. The normalized spacial score (nSPS) is 29.5. The average molecular weight is 289 g/mol. The van der Waals surface area contributed by atoms with Gasteiger partial charge in [0.05, 0.1) is 0 Å². The van der Waals surface area contributed by atoms with Gasteiger partial charge >= 0.3 is 0 Å². The van der Waals surface area contributed by atoms with E-state index in [-0.39, 0.29) is 24.4 Å². The van der Waals surface area contributed by atoms with Gasteiger partial charge < -0.3 is 10.6 Å².